The molecule has 0 spiro atoms. The van der Waals surface area contributed by atoms with Gasteiger partial charge in [-0.05, 0) is 49.4 Å². The molecule has 3 aromatic rings. The molecule has 1 atom stereocenters. The van der Waals surface area contributed by atoms with Gasteiger partial charge in [0.15, 0.2) is 6.04 Å². The number of hydrogen-bond donors (Lipinski definition) is 2. The minimum absolute atomic E-state index is 0.0836. The van der Waals surface area contributed by atoms with Crippen LogP contribution >= 0.6 is 0 Å². The summed E-state index contributed by atoms with van der Waals surface area (Å²) in [7, 11) is -3.92. The summed E-state index contributed by atoms with van der Waals surface area (Å²) >= 11 is 0. The van der Waals surface area contributed by atoms with Crippen LogP contribution in [0.3, 0.4) is 0 Å². The number of hydrazone groups is 1. The molecule has 0 saturated carbocycles. The third kappa shape index (κ3) is 4.35. The van der Waals surface area contributed by atoms with E-state index >= 15 is 0 Å². The van der Waals surface area contributed by atoms with Crippen LogP contribution in [0.15, 0.2) is 99.1 Å². The summed E-state index contributed by atoms with van der Waals surface area (Å²) in [5.41, 5.74) is 1.34. The smallest absolute Gasteiger partial charge is 0.280 e. The lowest BCUT2D eigenvalue weighted by molar-refractivity contribution is -0.117. The van der Waals surface area contributed by atoms with Gasteiger partial charge in [0.1, 0.15) is 11.4 Å². The Balaban J connectivity index is 1.57. The molecule has 0 aliphatic carbocycles. The Labute approximate surface area is 184 Å². The van der Waals surface area contributed by atoms with Gasteiger partial charge in [-0.15, -0.1) is 0 Å². The van der Waals surface area contributed by atoms with Crippen molar-refractivity contribution in [1.82, 2.24) is 0 Å². The second-order valence-electron chi connectivity index (χ2n) is 6.97. The second-order valence-corrected chi connectivity index (χ2v) is 8.65. The number of carbonyl (C=O) groups excluding carboxylic acids is 1. The molecule has 1 unspecified atom stereocenters. The van der Waals surface area contributed by atoms with E-state index in [1.807, 2.05) is 6.07 Å². The number of benzene rings is 3. The van der Waals surface area contributed by atoms with Gasteiger partial charge in [-0.1, -0.05) is 36.4 Å². The molecule has 1 heterocycles. The number of carbonyl (C=O) groups is 1. The van der Waals surface area contributed by atoms with E-state index in [2.05, 4.69) is 20.1 Å². The van der Waals surface area contributed by atoms with E-state index < -0.39 is 22.0 Å². The van der Waals surface area contributed by atoms with Crippen molar-refractivity contribution in [2.75, 3.05) is 9.73 Å². The van der Waals surface area contributed by atoms with Crippen LogP contribution in [-0.4, -0.2) is 31.2 Å². The highest BCUT2D eigenvalue weighted by Gasteiger charge is 2.34. The summed E-state index contributed by atoms with van der Waals surface area (Å²) in [6, 6.07) is 20.0. The van der Waals surface area contributed by atoms with E-state index in [0.29, 0.717) is 17.1 Å². The van der Waals surface area contributed by atoms with Crippen LogP contribution in [0.2, 0.25) is 0 Å². The van der Waals surface area contributed by atoms with Crippen LogP contribution < -0.4 is 9.73 Å². The van der Waals surface area contributed by atoms with Crippen molar-refractivity contribution in [1.29, 1.82) is 0 Å². The van der Waals surface area contributed by atoms with E-state index in [1.165, 1.54) is 23.2 Å². The number of hydrogen-bond acceptors (Lipinski definition) is 7. The molecule has 0 bridgehead atoms. The number of rotatable bonds is 6. The molecule has 1 aliphatic rings. The molecule has 32 heavy (non-hydrogen) atoms. The second kappa shape index (κ2) is 8.60. The monoisotopic (exact) mass is 449 g/mol. The Morgan fingerprint density at radius 3 is 2.34 bits per heavy atom. The SMILES string of the molecule is CC1=NN(c2ccccc2)C(=O)C1N=Nc1cc(S(=O)(=O)Nc2ccccc2)ccc1O. The number of phenolic OH excluding ortho intramolecular Hbond substituents is 1. The minimum atomic E-state index is -3.92. The van der Waals surface area contributed by atoms with Gasteiger partial charge in [0, 0.05) is 5.69 Å². The van der Waals surface area contributed by atoms with Crippen molar-refractivity contribution in [3.8, 4) is 5.75 Å². The summed E-state index contributed by atoms with van der Waals surface area (Å²) in [5.74, 6) is -0.668. The predicted molar refractivity (Wildman–Crippen MR) is 121 cm³/mol. The lowest BCUT2D eigenvalue weighted by Crippen LogP contribution is -2.29. The normalized spacial score (nSPS) is 16.4. The van der Waals surface area contributed by atoms with Crippen molar-refractivity contribution >= 4 is 38.7 Å². The Hall–Kier alpha value is -4.05. The molecule has 3 aromatic carbocycles. The molecule has 162 valence electrons. The fourth-order valence-corrected chi connectivity index (χ4v) is 4.11. The van der Waals surface area contributed by atoms with Crippen LogP contribution in [0.5, 0.6) is 5.75 Å². The Kier molecular flexibility index (Phi) is 5.69. The van der Waals surface area contributed by atoms with E-state index in [4.69, 9.17) is 0 Å². The average Bonchev–Trinajstić information content (AvgIpc) is 3.07. The number of nitrogens with zero attached hydrogens (tertiary/aromatic N) is 4. The largest absolute Gasteiger partial charge is 0.506 e. The summed E-state index contributed by atoms with van der Waals surface area (Å²) in [5, 5.41) is 23.6. The number of amides is 1. The van der Waals surface area contributed by atoms with E-state index in [-0.39, 0.29) is 16.3 Å². The number of para-hydroxylation sites is 2. The van der Waals surface area contributed by atoms with E-state index in [0.717, 1.165) is 0 Å². The van der Waals surface area contributed by atoms with Crippen molar-refractivity contribution in [2.45, 2.75) is 17.9 Å². The van der Waals surface area contributed by atoms with Crippen LogP contribution in [0.4, 0.5) is 17.1 Å². The van der Waals surface area contributed by atoms with Crippen molar-refractivity contribution in [3.63, 3.8) is 0 Å². The maximum atomic E-state index is 12.7. The molecule has 0 saturated heterocycles. The van der Waals surface area contributed by atoms with Gasteiger partial charge < -0.3 is 5.11 Å². The first-order valence-corrected chi connectivity index (χ1v) is 11.1. The van der Waals surface area contributed by atoms with Gasteiger partial charge in [0.25, 0.3) is 15.9 Å². The summed E-state index contributed by atoms with van der Waals surface area (Å²) in [4.78, 5) is 12.6. The highest BCUT2D eigenvalue weighted by molar-refractivity contribution is 7.92. The Morgan fingerprint density at radius 2 is 1.66 bits per heavy atom. The topological polar surface area (TPSA) is 124 Å². The zero-order chi connectivity index (χ0) is 22.7. The lowest BCUT2D eigenvalue weighted by Gasteiger charge is -2.12. The van der Waals surface area contributed by atoms with Gasteiger partial charge in [0.05, 0.1) is 16.3 Å². The summed E-state index contributed by atoms with van der Waals surface area (Å²) in [6.07, 6.45) is 0. The van der Waals surface area contributed by atoms with Gasteiger partial charge in [-0.3, -0.25) is 9.52 Å². The van der Waals surface area contributed by atoms with Gasteiger partial charge in [-0.2, -0.15) is 20.3 Å². The predicted octanol–water partition coefficient (Wildman–Crippen LogP) is 4.07. The molecule has 1 amide bonds. The molecule has 1 aliphatic heterocycles. The molecule has 0 fully saturated rings. The highest BCUT2D eigenvalue weighted by Crippen LogP contribution is 2.31. The van der Waals surface area contributed by atoms with Crippen LogP contribution in [-0.2, 0) is 14.8 Å². The fraction of sp³-hybridized carbons (Fsp3) is 0.0909. The van der Waals surface area contributed by atoms with Crippen LogP contribution in [0, 0.1) is 0 Å². The molecule has 0 aromatic heterocycles. The van der Waals surface area contributed by atoms with Crippen LogP contribution in [0.25, 0.3) is 0 Å². The summed E-state index contributed by atoms with van der Waals surface area (Å²) < 4.78 is 27.8. The van der Waals surface area contributed by atoms with Crippen LogP contribution in [0.1, 0.15) is 6.92 Å². The Bertz CT molecular complexity index is 1310. The number of aromatic hydroxyl groups is 1. The first-order valence-electron chi connectivity index (χ1n) is 9.61. The van der Waals surface area contributed by atoms with Gasteiger partial charge in [-0.25, -0.2) is 8.42 Å². The van der Waals surface area contributed by atoms with Crippen molar-refractivity contribution in [3.05, 3.63) is 78.9 Å². The molecular weight excluding hydrogens is 430 g/mol. The standard InChI is InChI=1S/C22H19N5O4S/c1-15-21(22(29)27(25-15)17-10-6-3-7-11-17)24-23-19-14-18(12-13-20(19)28)32(30,31)26-16-8-4-2-5-9-16/h2-14,21,26,28H,1H3. The molecule has 10 heteroatoms. The highest BCUT2D eigenvalue weighted by atomic mass is 32.2. The number of anilines is 2. The molecule has 4 rings (SSSR count). The maximum Gasteiger partial charge on any atom is 0.280 e. The van der Waals surface area contributed by atoms with Gasteiger partial charge >= 0.3 is 0 Å². The number of sulfonamides is 1. The van der Waals surface area contributed by atoms with E-state index in [1.54, 1.807) is 61.5 Å². The van der Waals surface area contributed by atoms with Gasteiger partial charge in [0.2, 0.25) is 0 Å². The zero-order valence-corrected chi connectivity index (χ0v) is 17.8. The minimum Gasteiger partial charge on any atom is -0.506 e. The van der Waals surface area contributed by atoms with Crippen molar-refractivity contribution < 1.29 is 18.3 Å². The third-order valence-electron chi connectivity index (χ3n) is 4.66. The molecule has 0 radical (unpaired) electrons. The van der Waals surface area contributed by atoms with Crippen molar-refractivity contribution in [2.24, 2.45) is 15.3 Å². The molecular formula is C22H19N5O4S. The van der Waals surface area contributed by atoms with E-state index in [9.17, 15) is 18.3 Å². The quantitative estimate of drug-likeness (QED) is 0.551. The first-order chi connectivity index (χ1) is 15.3. The number of phenols is 1. The lowest BCUT2D eigenvalue weighted by atomic mass is 10.2. The first kappa shape index (κ1) is 21.2. The summed E-state index contributed by atoms with van der Waals surface area (Å²) in [6.45, 7) is 1.65. The third-order valence-corrected chi connectivity index (χ3v) is 6.04. The molecule has 9 nitrogen and oxygen atoms in total. The fourth-order valence-electron chi connectivity index (χ4n) is 3.03. The number of nitrogens with one attached hydrogen (secondary N) is 1. The number of azo groups is 1. The molecule has 2 N–H and O–H groups in total. The average molecular weight is 449 g/mol. The Morgan fingerprint density at radius 1 is 1.00 bits per heavy atom. The maximum absolute atomic E-state index is 12.7. The zero-order valence-electron chi connectivity index (χ0n) is 17.0.